The van der Waals surface area contributed by atoms with Gasteiger partial charge in [-0.3, -0.25) is 9.69 Å². The second-order valence-corrected chi connectivity index (χ2v) is 10.8. The van der Waals surface area contributed by atoms with Crippen LogP contribution in [0.25, 0.3) is 11.3 Å². The van der Waals surface area contributed by atoms with Crippen LogP contribution in [0.5, 0.6) is 5.75 Å². The third kappa shape index (κ3) is 4.39. The molecule has 3 heterocycles. The summed E-state index contributed by atoms with van der Waals surface area (Å²) in [5.74, 6) is 1.88. The molecule has 186 valence electrons. The van der Waals surface area contributed by atoms with E-state index >= 15 is 0 Å². The number of methoxy groups -OCH3 is 1. The molecule has 2 fully saturated rings. The minimum absolute atomic E-state index is 0.241. The van der Waals surface area contributed by atoms with E-state index in [1.54, 1.807) is 7.11 Å². The minimum Gasteiger partial charge on any atom is -0.497 e. The Morgan fingerprint density at radius 1 is 1.08 bits per heavy atom. The van der Waals surface area contributed by atoms with Crippen molar-refractivity contribution in [2.45, 2.75) is 45.1 Å². The van der Waals surface area contributed by atoms with E-state index in [0.29, 0.717) is 17.9 Å². The highest BCUT2D eigenvalue weighted by atomic mass is 16.5. The Morgan fingerprint density at radius 2 is 1.86 bits per heavy atom. The number of amides is 1. The van der Waals surface area contributed by atoms with E-state index in [1.165, 1.54) is 23.1 Å². The summed E-state index contributed by atoms with van der Waals surface area (Å²) in [4.78, 5) is 26.4. The Bertz CT molecular complexity index is 1260. The van der Waals surface area contributed by atoms with Crippen LogP contribution in [-0.4, -0.2) is 59.0 Å². The van der Waals surface area contributed by atoms with E-state index < -0.39 is 0 Å². The molecule has 1 unspecified atom stereocenters. The van der Waals surface area contributed by atoms with Crippen molar-refractivity contribution in [1.82, 2.24) is 19.8 Å². The van der Waals surface area contributed by atoms with Crippen LogP contribution in [0.15, 0.2) is 54.7 Å². The first-order chi connectivity index (χ1) is 17.5. The van der Waals surface area contributed by atoms with Crippen LogP contribution in [-0.2, 0) is 17.6 Å². The average Bonchev–Trinajstić information content (AvgIpc) is 3.31. The number of likely N-dealkylation sites (tertiary alicyclic amines) is 2. The lowest BCUT2D eigenvalue weighted by Gasteiger charge is -2.56. The molecule has 0 radical (unpaired) electrons. The number of carbonyl (C=O) groups excluding carboxylic acids is 1. The van der Waals surface area contributed by atoms with Crippen LogP contribution in [0.4, 0.5) is 0 Å². The molecule has 1 aromatic heterocycles. The minimum atomic E-state index is 0.241. The van der Waals surface area contributed by atoms with Crippen LogP contribution in [0.2, 0.25) is 0 Å². The molecule has 3 aliphatic rings. The molecule has 2 saturated heterocycles. The molecule has 6 nitrogen and oxygen atoms in total. The van der Waals surface area contributed by atoms with Crippen molar-refractivity contribution in [2.24, 2.45) is 5.41 Å². The largest absolute Gasteiger partial charge is 0.497 e. The molecule has 0 N–H and O–H groups in total. The Hall–Kier alpha value is -3.25. The van der Waals surface area contributed by atoms with Gasteiger partial charge in [-0.1, -0.05) is 24.3 Å². The van der Waals surface area contributed by atoms with E-state index in [2.05, 4.69) is 38.0 Å². The molecule has 0 saturated carbocycles. The predicted molar refractivity (Wildman–Crippen MR) is 140 cm³/mol. The summed E-state index contributed by atoms with van der Waals surface area (Å²) in [6.45, 7) is 6.01. The number of benzene rings is 2. The third-order valence-electron chi connectivity index (χ3n) is 8.47. The van der Waals surface area contributed by atoms with Crippen molar-refractivity contribution in [3.05, 3.63) is 77.2 Å². The summed E-state index contributed by atoms with van der Waals surface area (Å²) in [7, 11) is 1.66. The summed E-state index contributed by atoms with van der Waals surface area (Å²) in [5, 5.41) is 0. The number of hydrogen-bond donors (Lipinski definition) is 0. The number of rotatable bonds is 5. The standard InChI is InChI=1S/C30H34N4O2/c1-21-31-14-11-27(32-21)24-5-9-26-23(18-24)6-10-28(26)34-19-30(20-34)12-15-33(16-13-30)29(35)17-22-3-7-25(36-2)8-4-22/h3-5,7-9,11,14,18,28H,6,10,12-13,15-17,19-20H2,1-2H3. The molecule has 1 spiro atoms. The molecular weight excluding hydrogens is 448 g/mol. The van der Waals surface area contributed by atoms with Gasteiger partial charge in [-0.05, 0) is 79.0 Å². The first-order valence-corrected chi connectivity index (χ1v) is 13.1. The van der Waals surface area contributed by atoms with Gasteiger partial charge in [0.25, 0.3) is 0 Å². The molecular formula is C30H34N4O2. The van der Waals surface area contributed by atoms with Crippen molar-refractivity contribution >= 4 is 5.91 Å². The van der Waals surface area contributed by atoms with Crippen molar-refractivity contribution in [3.8, 4) is 17.0 Å². The zero-order valence-corrected chi connectivity index (χ0v) is 21.2. The molecule has 0 bridgehead atoms. The number of carbonyl (C=O) groups is 1. The number of aryl methyl sites for hydroxylation is 2. The molecule has 6 heteroatoms. The van der Waals surface area contributed by atoms with Crippen molar-refractivity contribution in [2.75, 3.05) is 33.3 Å². The number of piperidine rings is 1. The zero-order chi connectivity index (χ0) is 24.7. The topological polar surface area (TPSA) is 58.6 Å². The van der Waals surface area contributed by atoms with Gasteiger partial charge in [-0.2, -0.15) is 0 Å². The summed E-state index contributed by atoms with van der Waals surface area (Å²) < 4.78 is 5.22. The third-order valence-corrected chi connectivity index (χ3v) is 8.47. The van der Waals surface area contributed by atoms with E-state index in [1.807, 2.05) is 43.5 Å². The molecule has 2 aliphatic heterocycles. The molecule has 6 rings (SSSR count). The lowest BCUT2D eigenvalue weighted by Crippen LogP contribution is -2.61. The number of aromatic nitrogens is 2. The number of ether oxygens (including phenoxy) is 1. The van der Waals surface area contributed by atoms with Crippen LogP contribution in [0.3, 0.4) is 0 Å². The summed E-state index contributed by atoms with van der Waals surface area (Å²) in [6, 6.07) is 17.2. The van der Waals surface area contributed by atoms with Crippen LogP contribution in [0, 0.1) is 12.3 Å². The molecule has 2 aromatic carbocycles. The summed E-state index contributed by atoms with van der Waals surface area (Å²) in [5.41, 5.74) is 6.59. The number of fused-ring (bicyclic) bond motifs is 1. The average molecular weight is 483 g/mol. The summed E-state index contributed by atoms with van der Waals surface area (Å²) in [6.07, 6.45) is 6.87. The van der Waals surface area contributed by atoms with Gasteiger partial charge in [0.15, 0.2) is 0 Å². The van der Waals surface area contributed by atoms with E-state index in [0.717, 1.165) is 68.3 Å². The van der Waals surface area contributed by atoms with Gasteiger partial charge in [-0.25, -0.2) is 9.97 Å². The molecule has 36 heavy (non-hydrogen) atoms. The highest BCUT2D eigenvalue weighted by Gasteiger charge is 2.48. The van der Waals surface area contributed by atoms with Gasteiger partial charge in [-0.15, -0.1) is 0 Å². The Kier molecular flexibility index (Phi) is 6.00. The first-order valence-electron chi connectivity index (χ1n) is 13.1. The van der Waals surface area contributed by atoms with Gasteiger partial charge >= 0.3 is 0 Å². The normalized spacial score (nSPS) is 20.7. The van der Waals surface area contributed by atoms with Crippen LogP contribution < -0.4 is 4.74 Å². The van der Waals surface area contributed by atoms with Gasteiger partial charge in [0.1, 0.15) is 11.6 Å². The number of hydrogen-bond acceptors (Lipinski definition) is 5. The Morgan fingerprint density at radius 3 is 2.58 bits per heavy atom. The van der Waals surface area contributed by atoms with Gasteiger partial charge in [0.2, 0.25) is 5.91 Å². The van der Waals surface area contributed by atoms with Crippen molar-refractivity contribution < 1.29 is 9.53 Å². The first kappa shape index (κ1) is 23.2. The molecule has 1 atom stereocenters. The lowest BCUT2D eigenvalue weighted by atomic mass is 9.71. The van der Waals surface area contributed by atoms with E-state index in [4.69, 9.17) is 4.74 Å². The maximum Gasteiger partial charge on any atom is 0.226 e. The van der Waals surface area contributed by atoms with Crippen LogP contribution in [0.1, 0.15) is 47.8 Å². The Labute approximate surface area is 213 Å². The lowest BCUT2D eigenvalue weighted by molar-refractivity contribution is -0.136. The molecule has 1 aliphatic carbocycles. The quantitative estimate of drug-likeness (QED) is 0.531. The fraction of sp³-hybridized carbons (Fsp3) is 0.433. The maximum atomic E-state index is 12.9. The summed E-state index contributed by atoms with van der Waals surface area (Å²) >= 11 is 0. The second kappa shape index (κ2) is 9.32. The zero-order valence-electron chi connectivity index (χ0n) is 21.2. The predicted octanol–water partition coefficient (Wildman–Crippen LogP) is 4.62. The highest BCUT2D eigenvalue weighted by molar-refractivity contribution is 5.79. The number of nitrogens with zero attached hydrogens (tertiary/aromatic N) is 4. The fourth-order valence-electron chi connectivity index (χ4n) is 6.36. The molecule has 3 aromatic rings. The SMILES string of the molecule is COc1ccc(CC(=O)N2CCC3(CC2)CN(C2CCc4cc(-c5ccnc(C)n5)ccc42)C3)cc1. The monoisotopic (exact) mass is 482 g/mol. The Balaban J connectivity index is 1.04. The van der Waals surface area contributed by atoms with Gasteiger partial charge in [0, 0.05) is 44.0 Å². The van der Waals surface area contributed by atoms with Crippen molar-refractivity contribution in [3.63, 3.8) is 0 Å². The highest BCUT2D eigenvalue weighted by Crippen LogP contribution is 2.48. The molecule has 1 amide bonds. The van der Waals surface area contributed by atoms with Gasteiger partial charge in [0.05, 0.1) is 19.2 Å². The fourth-order valence-corrected chi connectivity index (χ4v) is 6.36. The van der Waals surface area contributed by atoms with Crippen LogP contribution >= 0.6 is 0 Å². The second-order valence-electron chi connectivity index (χ2n) is 10.8. The smallest absolute Gasteiger partial charge is 0.226 e. The van der Waals surface area contributed by atoms with Gasteiger partial charge < -0.3 is 9.64 Å². The van der Waals surface area contributed by atoms with E-state index in [9.17, 15) is 4.79 Å². The van der Waals surface area contributed by atoms with Crippen molar-refractivity contribution in [1.29, 1.82) is 0 Å². The maximum absolute atomic E-state index is 12.9. The van der Waals surface area contributed by atoms with E-state index in [-0.39, 0.29) is 5.91 Å².